The number of rotatable bonds is 6. The minimum Gasteiger partial charge on any atom is -0.465 e. The smallest absolute Gasteiger partial charge is 0.433 e. The normalized spacial score (nSPS) is 12.1. The lowest BCUT2D eigenvalue weighted by molar-refractivity contribution is -0.402. The molecule has 1 heterocycles. The van der Waals surface area contributed by atoms with E-state index in [0.717, 1.165) is 0 Å². The second-order valence-electron chi connectivity index (χ2n) is 3.35. The first-order chi connectivity index (χ1) is 8.04. The van der Waals surface area contributed by atoms with Crippen LogP contribution in [0.25, 0.3) is 0 Å². The Morgan fingerprint density at radius 2 is 2.35 bits per heavy atom. The molecule has 1 unspecified atom stereocenters. The number of esters is 1. The van der Waals surface area contributed by atoms with Crippen molar-refractivity contribution in [1.82, 2.24) is 5.32 Å². The first kappa shape index (κ1) is 13.2. The number of ether oxygens (including phenoxy) is 1. The third-order valence-corrected chi connectivity index (χ3v) is 2.05. The van der Waals surface area contributed by atoms with Crippen molar-refractivity contribution < 1.29 is 18.9 Å². The topological polar surface area (TPSA) is 94.6 Å². The van der Waals surface area contributed by atoms with Crippen LogP contribution in [0, 0.1) is 10.1 Å². The van der Waals surface area contributed by atoms with Gasteiger partial charge in [-0.3, -0.25) is 20.2 Å². The summed E-state index contributed by atoms with van der Waals surface area (Å²) in [5.41, 5.74) is 0. The van der Waals surface area contributed by atoms with Crippen molar-refractivity contribution in [3.05, 3.63) is 28.0 Å². The highest BCUT2D eigenvalue weighted by Crippen LogP contribution is 2.15. The Balaban J connectivity index is 2.44. The number of nitro groups is 1. The first-order valence-corrected chi connectivity index (χ1v) is 5.17. The largest absolute Gasteiger partial charge is 0.465 e. The molecule has 0 fully saturated rings. The monoisotopic (exact) mass is 242 g/mol. The second kappa shape index (κ2) is 6.00. The summed E-state index contributed by atoms with van der Waals surface area (Å²) in [7, 11) is 0. The van der Waals surface area contributed by atoms with Crippen LogP contribution in [0.2, 0.25) is 0 Å². The van der Waals surface area contributed by atoms with Crippen LogP contribution < -0.4 is 5.32 Å². The minimum absolute atomic E-state index is 0.230. The molecule has 0 bridgehead atoms. The van der Waals surface area contributed by atoms with E-state index in [1.807, 2.05) is 0 Å². The van der Waals surface area contributed by atoms with Gasteiger partial charge in [-0.25, -0.2) is 0 Å². The van der Waals surface area contributed by atoms with Crippen LogP contribution in [-0.4, -0.2) is 23.5 Å². The van der Waals surface area contributed by atoms with Crippen molar-refractivity contribution in [2.45, 2.75) is 26.4 Å². The Morgan fingerprint density at radius 3 is 2.88 bits per heavy atom. The molecule has 1 aromatic heterocycles. The van der Waals surface area contributed by atoms with Crippen molar-refractivity contribution >= 4 is 11.9 Å². The molecule has 0 amide bonds. The van der Waals surface area contributed by atoms with Crippen LogP contribution in [-0.2, 0) is 16.1 Å². The number of carbonyl (C=O) groups excluding carboxylic acids is 1. The zero-order chi connectivity index (χ0) is 12.8. The van der Waals surface area contributed by atoms with E-state index < -0.39 is 11.0 Å². The Morgan fingerprint density at radius 1 is 1.65 bits per heavy atom. The van der Waals surface area contributed by atoms with Crippen LogP contribution in [0.1, 0.15) is 19.6 Å². The molecule has 7 heteroatoms. The van der Waals surface area contributed by atoms with E-state index in [4.69, 9.17) is 9.15 Å². The zero-order valence-electron chi connectivity index (χ0n) is 9.63. The van der Waals surface area contributed by atoms with Crippen molar-refractivity contribution in [3.8, 4) is 0 Å². The van der Waals surface area contributed by atoms with Crippen molar-refractivity contribution in [1.29, 1.82) is 0 Å². The Kier molecular flexibility index (Phi) is 4.65. The molecule has 0 radical (unpaired) electrons. The molecule has 0 aliphatic carbocycles. The SMILES string of the molecule is CCOC(=O)C(C)NCc1ccc([N+](=O)[O-])o1. The highest BCUT2D eigenvalue weighted by molar-refractivity contribution is 5.75. The first-order valence-electron chi connectivity index (χ1n) is 5.17. The number of furan rings is 1. The van der Waals surface area contributed by atoms with Crippen LogP contribution in [0.5, 0.6) is 0 Å². The Bertz CT molecular complexity index is 401. The predicted molar refractivity (Wildman–Crippen MR) is 58.3 cm³/mol. The predicted octanol–water partition coefficient (Wildman–Crippen LogP) is 1.23. The fourth-order valence-electron chi connectivity index (χ4n) is 1.16. The summed E-state index contributed by atoms with van der Waals surface area (Å²) in [5, 5.41) is 13.2. The van der Waals surface area contributed by atoms with Gasteiger partial charge in [-0.15, -0.1) is 0 Å². The maximum Gasteiger partial charge on any atom is 0.433 e. The van der Waals surface area contributed by atoms with Gasteiger partial charge in [0, 0.05) is 0 Å². The van der Waals surface area contributed by atoms with E-state index in [-0.39, 0.29) is 18.4 Å². The summed E-state index contributed by atoms with van der Waals surface area (Å²) in [6.45, 7) is 3.92. The van der Waals surface area contributed by atoms with Crippen molar-refractivity contribution in [2.24, 2.45) is 0 Å². The highest BCUT2D eigenvalue weighted by Gasteiger charge is 2.15. The maximum atomic E-state index is 11.3. The molecule has 1 atom stereocenters. The molecule has 17 heavy (non-hydrogen) atoms. The lowest BCUT2D eigenvalue weighted by atomic mass is 10.3. The summed E-state index contributed by atoms with van der Waals surface area (Å²) in [4.78, 5) is 21.0. The van der Waals surface area contributed by atoms with E-state index in [1.165, 1.54) is 12.1 Å². The van der Waals surface area contributed by atoms with Crippen LogP contribution in [0.4, 0.5) is 5.88 Å². The van der Waals surface area contributed by atoms with Crippen LogP contribution in [0.15, 0.2) is 16.5 Å². The molecular formula is C10H14N2O5. The summed E-state index contributed by atoms with van der Waals surface area (Å²) in [6.07, 6.45) is 0. The van der Waals surface area contributed by atoms with Crippen LogP contribution >= 0.6 is 0 Å². The summed E-state index contributed by atoms with van der Waals surface area (Å²) in [5.74, 6) is -0.285. The van der Waals surface area contributed by atoms with Gasteiger partial charge < -0.3 is 9.15 Å². The van der Waals surface area contributed by atoms with Gasteiger partial charge in [-0.05, 0) is 19.9 Å². The van der Waals surface area contributed by atoms with Gasteiger partial charge in [-0.1, -0.05) is 0 Å². The summed E-state index contributed by atoms with van der Waals surface area (Å²) < 4.78 is 9.72. The third-order valence-electron chi connectivity index (χ3n) is 2.05. The molecule has 7 nitrogen and oxygen atoms in total. The van der Waals surface area contributed by atoms with E-state index in [2.05, 4.69) is 5.32 Å². The Hall–Kier alpha value is -1.89. The van der Waals surface area contributed by atoms with Gasteiger partial charge in [0.15, 0.2) is 0 Å². The molecule has 1 N–H and O–H groups in total. The lowest BCUT2D eigenvalue weighted by Crippen LogP contribution is -2.34. The average molecular weight is 242 g/mol. The molecular weight excluding hydrogens is 228 g/mol. The van der Waals surface area contributed by atoms with E-state index >= 15 is 0 Å². The standard InChI is InChI=1S/C10H14N2O5/c1-3-16-10(13)7(2)11-6-8-4-5-9(17-8)12(14)15/h4-5,7,11H,3,6H2,1-2H3. The third kappa shape index (κ3) is 3.87. The zero-order valence-corrected chi connectivity index (χ0v) is 9.63. The lowest BCUT2D eigenvalue weighted by Gasteiger charge is -2.10. The molecule has 94 valence electrons. The van der Waals surface area contributed by atoms with Crippen molar-refractivity contribution in [2.75, 3.05) is 6.61 Å². The Labute approximate surface area is 97.9 Å². The maximum absolute atomic E-state index is 11.3. The summed E-state index contributed by atoms with van der Waals surface area (Å²) in [6, 6.07) is 2.27. The van der Waals surface area contributed by atoms with Gasteiger partial charge in [0.25, 0.3) is 0 Å². The quantitative estimate of drug-likeness (QED) is 0.458. The molecule has 1 aromatic rings. The molecule has 0 spiro atoms. The number of hydrogen-bond donors (Lipinski definition) is 1. The van der Waals surface area contributed by atoms with Gasteiger partial charge in [-0.2, -0.15) is 0 Å². The molecule has 0 aliphatic rings. The average Bonchev–Trinajstić information content (AvgIpc) is 2.75. The molecule has 0 aromatic carbocycles. The van der Waals surface area contributed by atoms with Gasteiger partial charge >= 0.3 is 11.9 Å². The number of nitrogens with zero attached hydrogens (tertiary/aromatic N) is 1. The fraction of sp³-hybridized carbons (Fsp3) is 0.500. The minimum atomic E-state index is -0.613. The number of nitrogens with one attached hydrogen (secondary N) is 1. The molecule has 0 saturated carbocycles. The van der Waals surface area contributed by atoms with Gasteiger partial charge in [0.05, 0.1) is 19.2 Å². The van der Waals surface area contributed by atoms with E-state index in [1.54, 1.807) is 13.8 Å². The fourth-order valence-corrected chi connectivity index (χ4v) is 1.16. The van der Waals surface area contributed by atoms with Crippen molar-refractivity contribution in [3.63, 3.8) is 0 Å². The second-order valence-corrected chi connectivity index (χ2v) is 3.35. The highest BCUT2D eigenvalue weighted by atomic mass is 16.6. The van der Waals surface area contributed by atoms with Gasteiger partial charge in [0.2, 0.25) is 0 Å². The van der Waals surface area contributed by atoms with Gasteiger partial charge in [0.1, 0.15) is 16.7 Å². The van der Waals surface area contributed by atoms with E-state index in [9.17, 15) is 14.9 Å². The van der Waals surface area contributed by atoms with E-state index in [0.29, 0.717) is 12.4 Å². The molecule has 1 rings (SSSR count). The number of carbonyl (C=O) groups is 1. The van der Waals surface area contributed by atoms with Crippen LogP contribution in [0.3, 0.4) is 0 Å². The molecule has 0 aliphatic heterocycles. The summed E-state index contributed by atoms with van der Waals surface area (Å²) >= 11 is 0. The molecule has 0 saturated heterocycles. The number of hydrogen-bond acceptors (Lipinski definition) is 6.